The van der Waals surface area contributed by atoms with Crippen LogP contribution in [-0.4, -0.2) is 16.6 Å². The molecule has 1 aromatic heterocycles. The Morgan fingerprint density at radius 2 is 2.16 bits per heavy atom. The van der Waals surface area contributed by atoms with E-state index in [1.165, 1.54) is 12.0 Å². The molecule has 2 rings (SSSR count). The maximum atomic E-state index is 12.1. The second-order valence-corrected chi connectivity index (χ2v) is 7.08. The van der Waals surface area contributed by atoms with Gasteiger partial charge >= 0.3 is 5.97 Å². The quantitative estimate of drug-likeness (QED) is 0.623. The molecular weight excluding hydrogens is 306 g/mol. The SMILES string of the molecule is CC(C)(C)OC(=O)CC1(c2ccnc(Br)c2)CCC1. The van der Waals surface area contributed by atoms with Crippen molar-refractivity contribution in [1.29, 1.82) is 0 Å². The van der Waals surface area contributed by atoms with Crippen LogP contribution in [0.3, 0.4) is 0 Å². The molecule has 0 N–H and O–H groups in total. The van der Waals surface area contributed by atoms with Crippen LogP contribution < -0.4 is 0 Å². The molecule has 3 nitrogen and oxygen atoms in total. The van der Waals surface area contributed by atoms with E-state index in [0.29, 0.717) is 6.42 Å². The molecular formula is C15H20BrNO2. The van der Waals surface area contributed by atoms with Crippen molar-refractivity contribution >= 4 is 21.9 Å². The minimum atomic E-state index is -0.416. The summed E-state index contributed by atoms with van der Waals surface area (Å²) in [7, 11) is 0. The van der Waals surface area contributed by atoms with Crippen molar-refractivity contribution in [1.82, 2.24) is 4.98 Å². The van der Waals surface area contributed by atoms with Gasteiger partial charge in [-0.1, -0.05) is 6.42 Å². The largest absolute Gasteiger partial charge is 0.460 e. The molecule has 1 saturated carbocycles. The lowest BCUT2D eigenvalue weighted by molar-refractivity contribution is -0.157. The third-order valence-corrected chi connectivity index (χ3v) is 3.99. The molecule has 1 fully saturated rings. The van der Waals surface area contributed by atoms with Crippen molar-refractivity contribution in [2.75, 3.05) is 0 Å². The summed E-state index contributed by atoms with van der Waals surface area (Å²) < 4.78 is 6.27. The Labute approximate surface area is 122 Å². The number of carbonyl (C=O) groups is 1. The van der Waals surface area contributed by atoms with Crippen LogP contribution in [0.4, 0.5) is 0 Å². The van der Waals surface area contributed by atoms with E-state index in [2.05, 4.69) is 20.9 Å². The Morgan fingerprint density at radius 3 is 2.63 bits per heavy atom. The first-order chi connectivity index (χ1) is 8.81. The highest BCUT2D eigenvalue weighted by Gasteiger charge is 2.41. The molecule has 0 unspecified atom stereocenters. The minimum Gasteiger partial charge on any atom is -0.460 e. The van der Waals surface area contributed by atoms with Gasteiger partial charge in [0.2, 0.25) is 0 Å². The molecule has 0 radical (unpaired) electrons. The standard InChI is InChI=1S/C15H20BrNO2/c1-14(2,3)19-13(18)10-15(6-4-7-15)11-5-8-17-12(16)9-11/h5,8-9H,4,6-7,10H2,1-3H3. The van der Waals surface area contributed by atoms with E-state index in [-0.39, 0.29) is 11.4 Å². The summed E-state index contributed by atoms with van der Waals surface area (Å²) >= 11 is 3.40. The van der Waals surface area contributed by atoms with Gasteiger partial charge in [0.25, 0.3) is 0 Å². The molecule has 19 heavy (non-hydrogen) atoms. The van der Waals surface area contributed by atoms with Gasteiger partial charge < -0.3 is 4.74 Å². The molecule has 1 aliphatic rings. The topological polar surface area (TPSA) is 39.2 Å². The first-order valence-corrected chi connectivity index (χ1v) is 7.44. The molecule has 0 atom stereocenters. The number of pyridine rings is 1. The third-order valence-electron chi connectivity index (χ3n) is 3.55. The number of hydrogen-bond acceptors (Lipinski definition) is 3. The molecule has 4 heteroatoms. The van der Waals surface area contributed by atoms with Crippen LogP contribution in [0.25, 0.3) is 0 Å². The van der Waals surface area contributed by atoms with Gasteiger partial charge in [-0.2, -0.15) is 0 Å². The zero-order chi connectivity index (χ0) is 14.1. The van der Waals surface area contributed by atoms with Crippen LogP contribution in [0.1, 0.15) is 52.0 Å². The number of nitrogens with zero attached hydrogens (tertiary/aromatic N) is 1. The second-order valence-electron chi connectivity index (χ2n) is 6.26. The van der Waals surface area contributed by atoms with Crippen LogP contribution in [0.5, 0.6) is 0 Å². The van der Waals surface area contributed by atoms with E-state index in [4.69, 9.17) is 4.74 Å². The monoisotopic (exact) mass is 325 g/mol. The van der Waals surface area contributed by atoms with E-state index in [1.807, 2.05) is 32.9 Å². The van der Waals surface area contributed by atoms with Crippen molar-refractivity contribution in [3.8, 4) is 0 Å². The molecule has 1 heterocycles. The minimum absolute atomic E-state index is 0.0478. The summed E-state index contributed by atoms with van der Waals surface area (Å²) in [4.78, 5) is 16.2. The van der Waals surface area contributed by atoms with E-state index in [9.17, 15) is 4.79 Å². The van der Waals surface area contributed by atoms with E-state index < -0.39 is 5.60 Å². The van der Waals surface area contributed by atoms with E-state index in [0.717, 1.165) is 17.4 Å². The van der Waals surface area contributed by atoms with E-state index >= 15 is 0 Å². The Kier molecular flexibility index (Phi) is 4.00. The van der Waals surface area contributed by atoms with Crippen LogP contribution >= 0.6 is 15.9 Å². The van der Waals surface area contributed by atoms with E-state index in [1.54, 1.807) is 6.20 Å². The van der Waals surface area contributed by atoms with Crippen molar-refractivity contribution in [2.24, 2.45) is 0 Å². The van der Waals surface area contributed by atoms with Gasteiger partial charge in [0.05, 0.1) is 6.42 Å². The van der Waals surface area contributed by atoms with Gasteiger partial charge in [-0.3, -0.25) is 4.79 Å². The maximum Gasteiger partial charge on any atom is 0.307 e. The molecule has 0 saturated heterocycles. The maximum absolute atomic E-state index is 12.1. The van der Waals surface area contributed by atoms with Gasteiger partial charge in [-0.25, -0.2) is 4.98 Å². The van der Waals surface area contributed by atoms with Gasteiger partial charge in [0.15, 0.2) is 0 Å². The summed E-state index contributed by atoms with van der Waals surface area (Å²) in [5.41, 5.74) is 0.723. The average molecular weight is 326 g/mol. The molecule has 0 aliphatic heterocycles. The fourth-order valence-corrected chi connectivity index (χ4v) is 2.92. The summed E-state index contributed by atoms with van der Waals surface area (Å²) in [6, 6.07) is 4.03. The Morgan fingerprint density at radius 1 is 1.47 bits per heavy atom. The summed E-state index contributed by atoms with van der Waals surface area (Å²) in [6.45, 7) is 5.71. The second kappa shape index (κ2) is 5.23. The zero-order valence-electron chi connectivity index (χ0n) is 11.7. The first kappa shape index (κ1) is 14.5. The van der Waals surface area contributed by atoms with Crippen LogP contribution in [0.15, 0.2) is 22.9 Å². The number of carbonyl (C=O) groups excluding carboxylic acids is 1. The fourth-order valence-electron chi connectivity index (χ4n) is 2.56. The molecule has 0 bridgehead atoms. The lowest BCUT2D eigenvalue weighted by Gasteiger charge is -2.42. The first-order valence-electron chi connectivity index (χ1n) is 6.65. The number of aromatic nitrogens is 1. The Bertz CT molecular complexity index is 475. The number of ether oxygens (including phenoxy) is 1. The highest BCUT2D eigenvalue weighted by atomic mass is 79.9. The molecule has 0 aromatic carbocycles. The number of hydrogen-bond donors (Lipinski definition) is 0. The fraction of sp³-hybridized carbons (Fsp3) is 0.600. The highest BCUT2D eigenvalue weighted by molar-refractivity contribution is 9.10. The molecule has 104 valence electrons. The predicted octanol–water partition coefficient (Wildman–Crippen LogP) is 4.00. The third kappa shape index (κ3) is 3.56. The molecule has 1 aromatic rings. The number of esters is 1. The smallest absolute Gasteiger partial charge is 0.307 e. The van der Waals surface area contributed by atoms with Crippen molar-refractivity contribution < 1.29 is 9.53 Å². The van der Waals surface area contributed by atoms with Gasteiger partial charge in [-0.05, 0) is 67.2 Å². The number of halogens is 1. The zero-order valence-corrected chi connectivity index (χ0v) is 13.3. The Balaban J connectivity index is 2.13. The predicted molar refractivity (Wildman–Crippen MR) is 77.9 cm³/mol. The highest BCUT2D eigenvalue weighted by Crippen LogP contribution is 2.47. The lowest BCUT2D eigenvalue weighted by atomic mass is 9.63. The van der Waals surface area contributed by atoms with Crippen molar-refractivity contribution in [3.63, 3.8) is 0 Å². The van der Waals surface area contributed by atoms with Crippen LogP contribution in [0, 0.1) is 0 Å². The van der Waals surface area contributed by atoms with Crippen molar-refractivity contribution in [2.45, 2.75) is 57.5 Å². The summed E-state index contributed by atoms with van der Waals surface area (Å²) in [5.74, 6) is -0.111. The van der Waals surface area contributed by atoms with Gasteiger partial charge in [0, 0.05) is 11.6 Å². The summed E-state index contributed by atoms with van der Waals surface area (Å²) in [6.07, 6.45) is 5.50. The van der Waals surface area contributed by atoms with Gasteiger partial charge in [0.1, 0.15) is 10.2 Å². The van der Waals surface area contributed by atoms with Crippen LogP contribution in [0.2, 0.25) is 0 Å². The van der Waals surface area contributed by atoms with Gasteiger partial charge in [-0.15, -0.1) is 0 Å². The molecule has 0 spiro atoms. The normalized spacial score (nSPS) is 17.7. The van der Waals surface area contributed by atoms with Crippen LogP contribution in [-0.2, 0) is 14.9 Å². The average Bonchev–Trinajstić information content (AvgIpc) is 2.21. The summed E-state index contributed by atoms with van der Waals surface area (Å²) in [5, 5.41) is 0. The number of rotatable bonds is 3. The molecule has 1 aliphatic carbocycles. The Hall–Kier alpha value is -0.900. The molecule has 0 amide bonds. The lowest BCUT2D eigenvalue weighted by Crippen LogP contribution is -2.38. The van der Waals surface area contributed by atoms with Crippen molar-refractivity contribution in [3.05, 3.63) is 28.5 Å².